The van der Waals surface area contributed by atoms with E-state index in [1.807, 2.05) is 12.1 Å². The Morgan fingerprint density at radius 2 is 1.79 bits per heavy atom. The zero-order chi connectivity index (χ0) is 13.7. The van der Waals surface area contributed by atoms with Crippen LogP contribution in [0, 0.1) is 5.92 Å². The van der Waals surface area contributed by atoms with Crippen molar-refractivity contribution >= 4 is 10.0 Å². The van der Waals surface area contributed by atoms with Gasteiger partial charge in [-0.2, -0.15) is 0 Å². The van der Waals surface area contributed by atoms with E-state index in [2.05, 4.69) is 4.72 Å². The zero-order valence-electron chi connectivity index (χ0n) is 11.1. The van der Waals surface area contributed by atoms with Gasteiger partial charge < -0.3 is 5.73 Å². The van der Waals surface area contributed by atoms with E-state index in [0.29, 0.717) is 23.9 Å². The summed E-state index contributed by atoms with van der Waals surface area (Å²) in [5.41, 5.74) is 6.54. The van der Waals surface area contributed by atoms with Gasteiger partial charge in [0.15, 0.2) is 0 Å². The highest BCUT2D eigenvalue weighted by Crippen LogP contribution is 2.24. The van der Waals surface area contributed by atoms with Gasteiger partial charge in [0, 0.05) is 6.54 Å². The Kier molecular flexibility index (Phi) is 4.96. The van der Waals surface area contributed by atoms with Gasteiger partial charge in [-0.05, 0) is 49.4 Å². The molecule has 1 saturated carbocycles. The van der Waals surface area contributed by atoms with Crippen LogP contribution in [-0.4, -0.2) is 21.5 Å². The van der Waals surface area contributed by atoms with Crippen molar-refractivity contribution < 1.29 is 8.42 Å². The molecule has 3 N–H and O–H groups in total. The molecule has 4 nitrogen and oxygen atoms in total. The fraction of sp³-hybridized carbons (Fsp3) is 0.571. The molecular weight excluding hydrogens is 260 g/mol. The van der Waals surface area contributed by atoms with E-state index in [9.17, 15) is 8.42 Å². The Balaban J connectivity index is 1.97. The summed E-state index contributed by atoms with van der Waals surface area (Å²) in [4.78, 5) is 0.339. The van der Waals surface area contributed by atoms with Crippen LogP contribution in [0.1, 0.15) is 31.2 Å². The molecule has 0 amide bonds. The largest absolute Gasteiger partial charge is 0.330 e. The average molecular weight is 282 g/mol. The molecule has 0 radical (unpaired) electrons. The molecule has 0 aliphatic heterocycles. The lowest BCUT2D eigenvalue weighted by molar-refractivity contribution is 0.519. The molecule has 1 aliphatic carbocycles. The predicted octanol–water partition coefficient (Wildman–Crippen LogP) is 1.66. The highest BCUT2D eigenvalue weighted by atomic mass is 32.2. The highest BCUT2D eigenvalue weighted by Gasteiger charge is 2.19. The summed E-state index contributed by atoms with van der Waals surface area (Å²) in [7, 11) is -3.36. The third-order valence-electron chi connectivity index (χ3n) is 3.70. The molecular formula is C14H22N2O2S. The molecule has 1 aliphatic rings. The molecule has 2 rings (SSSR count). The van der Waals surface area contributed by atoms with Gasteiger partial charge in [-0.3, -0.25) is 0 Å². The van der Waals surface area contributed by atoms with Gasteiger partial charge in [0.25, 0.3) is 0 Å². The van der Waals surface area contributed by atoms with Gasteiger partial charge in [-0.25, -0.2) is 13.1 Å². The number of nitrogens with one attached hydrogen (secondary N) is 1. The minimum absolute atomic E-state index is 0.339. The van der Waals surface area contributed by atoms with Gasteiger partial charge >= 0.3 is 0 Å². The molecule has 0 unspecified atom stereocenters. The molecule has 0 saturated heterocycles. The summed E-state index contributed by atoms with van der Waals surface area (Å²) in [6, 6.07) is 6.97. The maximum Gasteiger partial charge on any atom is 0.240 e. The zero-order valence-corrected chi connectivity index (χ0v) is 12.0. The minimum atomic E-state index is -3.36. The topological polar surface area (TPSA) is 72.2 Å². The molecule has 0 atom stereocenters. The Bertz CT molecular complexity index is 491. The number of sulfonamides is 1. The van der Waals surface area contributed by atoms with Gasteiger partial charge in [0.2, 0.25) is 10.0 Å². The first-order valence-corrected chi connectivity index (χ1v) is 8.39. The number of nitrogens with two attached hydrogens (primary N) is 1. The fourth-order valence-corrected chi connectivity index (χ4v) is 3.64. The average Bonchev–Trinajstić information content (AvgIpc) is 2.91. The molecule has 5 heteroatoms. The van der Waals surface area contributed by atoms with E-state index in [1.54, 1.807) is 12.1 Å². The molecule has 0 aromatic heterocycles. The van der Waals surface area contributed by atoms with Crippen molar-refractivity contribution in [3.05, 3.63) is 29.8 Å². The predicted molar refractivity (Wildman–Crippen MR) is 76.3 cm³/mol. The minimum Gasteiger partial charge on any atom is -0.330 e. The van der Waals surface area contributed by atoms with Crippen molar-refractivity contribution in [1.29, 1.82) is 0 Å². The van der Waals surface area contributed by atoms with Gasteiger partial charge in [-0.15, -0.1) is 0 Å². The van der Waals surface area contributed by atoms with Crippen molar-refractivity contribution in [3.63, 3.8) is 0 Å². The van der Waals surface area contributed by atoms with E-state index in [0.717, 1.165) is 24.8 Å². The highest BCUT2D eigenvalue weighted by molar-refractivity contribution is 7.89. The van der Waals surface area contributed by atoms with Crippen LogP contribution < -0.4 is 10.5 Å². The summed E-state index contributed by atoms with van der Waals surface area (Å²) in [5.74, 6) is 0.506. The Morgan fingerprint density at radius 3 is 2.37 bits per heavy atom. The molecule has 0 bridgehead atoms. The Hall–Kier alpha value is -0.910. The second kappa shape index (κ2) is 6.50. The third kappa shape index (κ3) is 4.03. The maximum absolute atomic E-state index is 12.1. The van der Waals surface area contributed by atoms with Gasteiger partial charge in [0.1, 0.15) is 0 Å². The van der Waals surface area contributed by atoms with Crippen molar-refractivity contribution in [1.82, 2.24) is 4.72 Å². The Labute approximate surface area is 115 Å². The van der Waals surface area contributed by atoms with Crippen LogP contribution in [0.2, 0.25) is 0 Å². The summed E-state index contributed by atoms with van der Waals surface area (Å²) >= 11 is 0. The first kappa shape index (κ1) is 14.5. The van der Waals surface area contributed by atoms with Crippen LogP contribution in [0.4, 0.5) is 0 Å². The van der Waals surface area contributed by atoms with Crippen LogP contribution >= 0.6 is 0 Å². The lowest BCUT2D eigenvalue weighted by Crippen LogP contribution is -2.28. The van der Waals surface area contributed by atoms with E-state index < -0.39 is 10.0 Å². The molecule has 19 heavy (non-hydrogen) atoms. The fourth-order valence-electron chi connectivity index (χ4n) is 2.53. The molecule has 106 valence electrons. The number of hydrogen-bond acceptors (Lipinski definition) is 3. The molecule has 1 aromatic rings. The summed E-state index contributed by atoms with van der Waals surface area (Å²) in [5, 5.41) is 0. The van der Waals surface area contributed by atoms with Crippen molar-refractivity contribution in [2.75, 3.05) is 13.1 Å². The van der Waals surface area contributed by atoms with Crippen LogP contribution in [0.3, 0.4) is 0 Å². The van der Waals surface area contributed by atoms with E-state index in [1.165, 1.54) is 12.8 Å². The molecule has 0 spiro atoms. The summed E-state index contributed by atoms with van der Waals surface area (Å²) < 4.78 is 27.0. The smallest absolute Gasteiger partial charge is 0.240 e. The number of rotatable bonds is 6. The number of benzene rings is 1. The monoisotopic (exact) mass is 282 g/mol. The SMILES string of the molecule is NCCc1ccc(S(=O)(=O)NCC2CCCC2)cc1. The van der Waals surface area contributed by atoms with Crippen molar-refractivity contribution in [2.45, 2.75) is 37.0 Å². The second-order valence-electron chi connectivity index (χ2n) is 5.19. The standard InChI is InChI=1S/C14H22N2O2S/c15-10-9-12-5-7-14(8-6-12)19(17,18)16-11-13-3-1-2-4-13/h5-8,13,16H,1-4,9-11,15H2. The first-order chi connectivity index (χ1) is 9.12. The van der Waals surface area contributed by atoms with Crippen LogP contribution in [0.5, 0.6) is 0 Å². The molecule has 1 aromatic carbocycles. The normalized spacial score (nSPS) is 16.9. The summed E-state index contributed by atoms with van der Waals surface area (Å²) in [6.45, 7) is 1.14. The first-order valence-electron chi connectivity index (χ1n) is 6.90. The quantitative estimate of drug-likeness (QED) is 0.833. The number of hydrogen-bond donors (Lipinski definition) is 2. The maximum atomic E-state index is 12.1. The van der Waals surface area contributed by atoms with Crippen molar-refractivity contribution in [3.8, 4) is 0 Å². The lowest BCUT2D eigenvalue weighted by atomic mass is 10.1. The van der Waals surface area contributed by atoms with Crippen molar-refractivity contribution in [2.24, 2.45) is 11.7 Å². The third-order valence-corrected chi connectivity index (χ3v) is 5.14. The van der Waals surface area contributed by atoms with Gasteiger partial charge in [0.05, 0.1) is 4.90 Å². The van der Waals surface area contributed by atoms with Crippen LogP contribution in [-0.2, 0) is 16.4 Å². The lowest BCUT2D eigenvalue weighted by Gasteiger charge is -2.11. The molecule has 1 fully saturated rings. The Morgan fingerprint density at radius 1 is 1.16 bits per heavy atom. The van der Waals surface area contributed by atoms with Crippen LogP contribution in [0.25, 0.3) is 0 Å². The second-order valence-corrected chi connectivity index (χ2v) is 6.95. The van der Waals surface area contributed by atoms with E-state index in [4.69, 9.17) is 5.73 Å². The van der Waals surface area contributed by atoms with Crippen LogP contribution in [0.15, 0.2) is 29.2 Å². The van der Waals surface area contributed by atoms with E-state index >= 15 is 0 Å². The summed E-state index contributed by atoms with van der Waals surface area (Å²) in [6.07, 6.45) is 5.49. The van der Waals surface area contributed by atoms with E-state index in [-0.39, 0.29) is 0 Å². The van der Waals surface area contributed by atoms with Gasteiger partial charge in [-0.1, -0.05) is 25.0 Å². The molecule has 0 heterocycles.